The van der Waals surface area contributed by atoms with Crippen LogP contribution in [-0.4, -0.2) is 17.0 Å². The molecule has 0 saturated carbocycles. The summed E-state index contributed by atoms with van der Waals surface area (Å²) in [5, 5.41) is 11.7. The third-order valence-corrected chi connectivity index (χ3v) is 2.95. The van der Waals surface area contributed by atoms with Crippen LogP contribution in [0, 0.1) is 5.82 Å². The van der Waals surface area contributed by atoms with Crippen molar-refractivity contribution in [3.05, 3.63) is 58.4 Å². The van der Waals surface area contributed by atoms with Crippen molar-refractivity contribution >= 4 is 34.9 Å². The first-order valence-electron chi connectivity index (χ1n) is 5.77. The highest BCUT2D eigenvalue weighted by Crippen LogP contribution is 2.20. The van der Waals surface area contributed by atoms with Crippen molar-refractivity contribution in [3.8, 4) is 0 Å². The fourth-order valence-corrected chi connectivity index (χ4v) is 1.89. The Balaban J connectivity index is 2.27. The minimum Gasteiger partial charge on any atom is -0.478 e. The summed E-state index contributed by atoms with van der Waals surface area (Å²) in [5.41, 5.74) is 5.66. The second-order valence-corrected chi connectivity index (χ2v) is 4.62. The van der Waals surface area contributed by atoms with Gasteiger partial charge in [0.15, 0.2) is 0 Å². The van der Waals surface area contributed by atoms with Crippen LogP contribution in [0.5, 0.6) is 0 Å². The predicted molar refractivity (Wildman–Crippen MR) is 77.2 cm³/mol. The number of rotatable bonds is 3. The van der Waals surface area contributed by atoms with E-state index in [1.807, 2.05) is 0 Å². The maximum atomic E-state index is 13.3. The predicted octanol–water partition coefficient (Wildman–Crippen LogP) is 3.01. The number of benzene rings is 2. The molecule has 0 spiro atoms. The van der Waals surface area contributed by atoms with Crippen molar-refractivity contribution in [1.82, 2.24) is 0 Å². The molecule has 2 aromatic carbocycles. The minimum atomic E-state index is -1.42. The van der Waals surface area contributed by atoms with Gasteiger partial charge in [0.05, 0.1) is 11.1 Å². The molecule has 7 heteroatoms. The van der Waals surface area contributed by atoms with Crippen molar-refractivity contribution < 1.29 is 19.1 Å². The Morgan fingerprint density at radius 3 is 2.48 bits per heavy atom. The fraction of sp³-hybridized carbons (Fsp3) is 0. The Labute approximate surface area is 124 Å². The topological polar surface area (TPSA) is 92.4 Å². The van der Waals surface area contributed by atoms with Crippen LogP contribution in [0.15, 0.2) is 36.4 Å². The normalized spacial score (nSPS) is 10.2. The monoisotopic (exact) mass is 308 g/mol. The number of carbonyl (C=O) groups is 2. The summed E-state index contributed by atoms with van der Waals surface area (Å²) in [6.45, 7) is 0. The van der Waals surface area contributed by atoms with Gasteiger partial charge in [0.2, 0.25) is 0 Å². The molecule has 2 aromatic rings. The molecule has 108 valence electrons. The third-order valence-electron chi connectivity index (χ3n) is 2.71. The van der Waals surface area contributed by atoms with Crippen LogP contribution >= 0.6 is 11.6 Å². The largest absolute Gasteiger partial charge is 0.478 e. The highest BCUT2D eigenvalue weighted by atomic mass is 35.5. The highest BCUT2D eigenvalue weighted by molar-refractivity contribution is 6.31. The van der Waals surface area contributed by atoms with Gasteiger partial charge in [0.1, 0.15) is 5.82 Å². The van der Waals surface area contributed by atoms with Crippen LogP contribution in [0.2, 0.25) is 5.02 Å². The molecule has 0 saturated heterocycles. The molecule has 0 heterocycles. The molecule has 4 N–H and O–H groups in total. The van der Waals surface area contributed by atoms with Gasteiger partial charge in [-0.15, -0.1) is 0 Å². The maximum absolute atomic E-state index is 13.3. The van der Waals surface area contributed by atoms with E-state index in [2.05, 4.69) is 5.32 Å². The fourth-order valence-electron chi connectivity index (χ4n) is 1.71. The molecule has 0 bridgehead atoms. The van der Waals surface area contributed by atoms with Gasteiger partial charge in [0.25, 0.3) is 5.91 Å². The van der Waals surface area contributed by atoms with Crippen molar-refractivity contribution in [2.75, 3.05) is 11.1 Å². The molecule has 0 fully saturated rings. The number of carboxylic acids is 1. The van der Waals surface area contributed by atoms with Gasteiger partial charge >= 0.3 is 5.97 Å². The molecule has 0 aliphatic heterocycles. The summed E-state index contributed by atoms with van der Waals surface area (Å²) < 4.78 is 13.3. The SMILES string of the molecule is Nc1cc(Cl)ccc1C(=O)Nc1ccc(F)c(C(=O)O)c1. The molecule has 5 nitrogen and oxygen atoms in total. The van der Waals surface area contributed by atoms with Crippen LogP contribution in [-0.2, 0) is 0 Å². The summed E-state index contributed by atoms with van der Waals surface area (Å²) in [5.74, 6) is -2.85. The quantitative estimate of drug-likeness (QED) is 0.760. The number of carboxylic acid groups (broad SMARTS) is 1. The summed E-state index contributed by atoms with van der Waals surface area (Å²) >= 11 is 5.74. The first-order chi connectivity index (χ1) is 9.88. The Morgan fingerprint density at radius 2 is 1.86 bits per heavy atom. The first kappa shape index (κ1) is 14.8. The number of anilines is 2. The molecular formula is C14H10ClFN2O3. The van der Waals surface area contributed by atoms with Crippen molar-refractivity contribution in [2.45, 2.75) is 0 Å². The number of nitrogens with two attached hydrogens (primary N) is 1. The maximum Gasteiger partial charge on any atom is 0.338 e. The van der Waals surface area contributed by atoms with Gasteiger partial charge in [-0.25, -0.2) is 9.18 Å². The lowest BCUT2D eigenvalue weighted by Gasteiger charge is -2.09. The molecule has 0 radical (unpaired) electrons. The lowest BCUT2D eigenvalue weighted by molar-refractivity contribution is 0.0691. The zero-order valence-electron chi connectivity index (χ0n) is 10.6. The lowest BCUT2D eigenvalue weighted by Crippen LogP contribution is -2.14. The van der Waals surface area contributed by atoms with Crippen LogP contribution in [0.1, 0.15) is 20.7 Å². The van der Waals surface area contributed by atoms with E-state index in [4.69, 9.17) is 22.4 Å². The average molecular weight is 309 g/mol. The minimum absolute atomic E-state index is 0.146. The molecule has 0 aliphatic rings. The molecule has 0 atom stereocenters. The Morgan fingerprint density at radius 1 is 1.14 bits per heavy atom. The molecule has 0 unspecified atom stereocenters. The smallest absolute Gasteiger partial charge is 0.338 e. The standard InChI is InChI=1S/C14H10ClFN2O3/c15-7-1-3-9(12(17)5-7)13(19)18-8-2-4-11(16)10(6-8)14(20)21/h1-6H,17H2,(H,18,19)(H,20,21). The van der Waals surface area contributed by atoms with Gasteiger partial charge < -0.3 is 16.2 Å². The van der Waals surface area contributed by atoms with Gasteiger partial charge in [-0.1, -0.05) is 11.6 Å². The number of hydrogen-bond acceptors (Lipinski definition) is 3. The Kier molecular flexibility index (Phi) is 4.09. The molecular weight excluding hydrogens is 299 g/mol. The molecule has 1 amide bonds. The van der Waals surface area contributed by atoms with Crippen LogP contribution in [0.25, 0.3) is 0 Å². The van der Waals surface area contributed by atoms with Crippen molar-refractivity contribution in [2.24, 2.45) is 0 Å². The number of nitrogens with one attached hydrogen (secondary N) is 1. The molecule has 0 aliphatic carbocycles. The number of carbonyl (C=O) groups excluding carboxylic acids is 1. The van der Waals surface area contributed by atoms with E-state index in [0.717, 1.165) is 12.1 Å². The Bertz CT molecular complexity index is 734. The number of aromatic carboxylic acids is 1. The second kappa shape index (κ2) is 5.80. The number of hydrogen-bond donors (Lipinski definition) is 3. The second-order valence-electron chi connectivity index (χ2n) is 4.19. The van der Waals surface area contributed by atoms with Crippen molar-refractivity contribution in [3.63, 3.8) is 0 Å². The van der Waals surface area contributed by atoms with Gasteiger partial charge in [0, 0.05) is 16.4 Å². The zero-order chi connectivity index (χ0) is 15.6. The van der Waals surface area contributed by atoms with Gasteiger partial charge in [-0.2, -0.15) is 0 Å². The van der Waals surface area contributed by atoms with Crippen LogP contribution < -0.4 is 11.1 Å². The van der Waals surface area contributed by atoms with E-state index < -0.39 is 23.3 Å². The van der Waals surface area contributed by atoms with E-state index in [9.17, 15) is 14.0 Å². The van der Waals surface area contributed by atoms with Gasteiger partial charge in [-0.05, 0) is 36.4 Å². The average Bonchev–Trinajstić information content (AvgIpc) is 2.40. The molecule has 2 rings (SSSR count). The van der Waals surface area contributed by atoms with E-state index in [0.29, 0.717) is 5.02 Å². The Hall–Kier alpha value is -2.60. The first-order valence-corrected chi connectivity index (χ1v) is 6.15. The molecule has 21 heavy (non-hydrogen) atoms. The summed E-state index contributed by atoms with van der Waals surface area (Å²) in [4.78, 5) is 22.9. The lowest BCUT2D eigenvalue weighted by atomic mass is 10.1. The highest BCUT2D eigenvalue weighted by Gasteiger charge is 2.14. The summed E-state index contributed by atoms with van der Waals surface area (Å²) in [7, 11) is 0. The number of halogens is 2. The van der Waals surface area contributed by atoms with Crippen molar-refractivity contribution in [1.29, 1.82) is 0 Å². The molecule has 0 aromatic heterocycles. The van der Waals surface area contributed by atoms with E-state index in [1.165, 1.54) is 24.3 Å². The summed E-state index contributed by atoms with van der Waals surface area (Å²) in [6.07, 6.45) is 0. The van der Waals surface area contributed by atoms with Crippen LogP contribution in [0.3, 0.4) is 0 Å². The third kappa shape index (κ3) is 3.29. The van der Waals surface area contributed by atoms with Gasteiger partial charge in [-0.3, -0.25) is 4.79 Å². The van der Waals surface area contributed by atoms with E-state index in [-0.39, 0.29) is 16.9 Å². The number of amides is 1. The van der Waals surface area contributed by atoms with Crippen LogP contribution in [0.4, 0.5) is 15.8 Å². The number of nitrogen functional groups attached to an aromatic ring is 1. The van der Waals surface area contributed by atoms with E-state index in [1.54, 1.807) is 0 Å². The zero-order valence-corrected chi connectivity index (χ0v) is 11.3. The summed E-state index contributed by atoms with van der Waals surface area (Å²) in [6, 6.07) is 7.61. The van der Waals surface area contributed by atoms with E-state index >= 15 is 0 Å².